The summed E-state index contributed by atoms with van der Waals surface area (Å²) in [6.07, 6.45) is -3.01. The van der Waals surface area contributed by atoms with Crippen molar-refractivity contribution in [2.24, 2.45) is 0 Å². The van der Waals surface area contributed by atoms with Crippen LogP contribution in [0.5, 0.6) is 0 Å². The lowest BCUT2D eigenvalue weighted by Gasteiger charge is -2.36. The Morgan fingerprint density at radius 1 is 1.15 bits per heavy atom. The first kappa shape index (κ1) is 23.5. The van der Waals surface area contributed by atoms with Crippen LogP contribution in [0.2, 0.25) is 0 Å². The summed E-state index contributed by atoms with van der Waals surface area (Å²) in [4.78, 5) is 31.6. The number of alkyl halides is 3. The predicted octanol–water partition coefficient (Wildman–Crippen LogP) is 4.21. The Morgan fingerprint density at radius 3 is 2.41 bits per heavy atom. The molecule has 0 spiro atoms. The number of carbonyl (C=O) groups is 1. The van der Waals surface area contributed by atoms with E-state index in [1.165, 1.54) is 0 Å². The highest BCUT2D eigenvalue weighted by Crippen LogP contribution is 2.37. The van der Waals surface area contributed by atoms with Crippen molar-refractivity contribution in [2.75, 3.05) is 31.1 Å². The fraction of sp³-hybridized carbons (Fsp3) is 0.409. The molecule has 1 aliphatic heterocycles. The fourth-order valence-electron chi connectivity index (χ4n) is 4.09. The number of halogens is 3. The molecular formula is C22H23F3N6O3. The number of amides is 1. The molecular weight excluding hydrogens is 453 g/mol. The van der Waals surface area contributed by atoms with Crippen LogP contribution in [0.1, 0.15) is 41.5 Å². The van der Waals surface area contributed by atoms with Crippen LogP contribution >= 0.6 is 0 Å². The van der Waals surface area contributed by atoms with Crippen LogP contribution in [0.4, 0.5) is 24.5 Å². The zero-order chi connectivity index (χ0) is 24.8. The van der Waals surface area contributed by atoms with E-state index in [1.807, 2.05) is 13.8 Å². The largest absolute Gasteiger partial charge is 0.416 e. The highest BCUT2D eigenvalue weighted by molar-refractivity contribution is 5.98. The number of nitrogens with zero attached hydrogens (tertiary/aromatic N) is 6. The van der Waals surface area contributed by atoms with Crippen molar-refractivity contribution in [3.63, 3.8) is 0 Å². The maximum atomic E-state index is 13.2. The van der Waals surface area contributed by atoms with Gasteiger partial charge in [0.1, 0.15) is 5.69 Å². The van der Waals surface area contributed by atoms with Gasteiger partial charge in [0.05, 0.1) is 27.9 Å². The van der Waals surface area contributed by atoms with Crippen molar-refractivity contribution in [1.29, 1.82) is 0 Å². The molecule has 1 saturated heterocycles. The number of hydrogen-bond donors (Lipinski definition) is 0. The first-order valence-electron chi connectivity index (χ1n) is 10.7. The molecule has 3 heterocycles. The third kappa shape index (κ3) is 4.27. The van der Waals surface area contributed by atoms with E-state index in [1.54, 1.807) is 33.7 Å². The Balaban J connectivity index is 1.53. The van der Waals surface area contributed by atoms with Gasteiger partial charge < -0.3 is 9.80 Å². The Hall–Kier alpha value is -3.70. The molecule has 3 aromatic rings. The second-order valence-electron chi connectivity index (χ2n) is 8.45. The molecule has 1 aliphatic rings. The molecule has 4 rings (SSSR count). The number of piperazine rings is 1. The Labute approximate surface area is 192 Å². The van der Waals surface area contributed by atoms with Gasteiger partial charge in [-0.15, -0.1) is 0 Å². The molecule has 1 fully saturated rings. The van der Waals surface area contributed by atoms with Gasteiger partial charge in [-0.05, 0) is 39.0 Å². The molecule has 1 aromatic carbocycles. The fourth-order valence-corrected chi connectivity index (χ4v) is 4.09. The van der Waals surface area contributed by atoms with Gasteiger partial charge in [-0.2, -0.15) is 18.3 Å². The molecule has 2 aromatic heterocycles. The lowest BCUT2D eigenvalue weighted by molar-refractivity contribution is -0.384. The maximum absolute atomic E-state index is 13.2. The SMILES string of the molecule is Cc1nc2c(cnn2C(C)C)cc1C(=O)N1CCN(c2ccc(C(F)(F)F)cc2[N+](=O)[O-])CC1. The molecule has 0 radical (unpaired) electrons. The summed E-state index contributed by atoms with van der Waals surface area (Å²) in [5, 5.41) is 16.5. The number of pyridine rings is 1. The van der Waals surface area contributed by atoms with Gasteiger partial charge in [0.25, 0.3) is 11.6 Å². The van der Waals surface area contributed by atoms with E-state index >= 15 is 0 Å². The number of nitro groups is 1. The van der Waals surface area contributed by atoms with Crippen LogP contribution in [0.3, 0.4) is 0 Å². The van der Waals surface area contributed by atoms with Crippen LogP contribution in [0.25, 0.3) is 11.0 Å². The minimum absolute atomic E-state index is 0.102. The third-order valence-electron chi connectivity index (χ3n) is 5.89. The monoisotopic (exact) mass is 476 g/mol. The number of carbonyl (C=O) groups excluding carboxylic acids is 1. The first-order valence-corrected chi connectivity index (χ1v) is 10.7. The normalized spacial score (nSPS) is 14.8. The molecule has 0 bridgehead atoms. The zero-order valence-corrected chi connectivity index (χ0v) is 18.8. The maximum Gasteiger partial charge on any atom is 0.416 e. The Kier molecular flexibility index (Phi) is 5.92. The van der Waals surface area contributed by atoms with Crippen LogP contribution in [-0.4, -0.2) is 56.7 Å². The van der Waals surface area contributed by atoms with Crippen molar-refractivity contribution in [1.82, 2.24) is 19.7 Å². The number of benzene rings is 1. The molecule has 0 atom stereocenters. The molecule has 34 heavy (non-hydrogen) atoms. The summed E-state index contributed by atoms with van der Waals surface area (Å²) >= 11 is 0. The van der Waals surface area contributed by atoms with E-state index in [9.17, 15) is 28.1 Å². The lowest BCUT2D eigenvalue weighted by Crippen LogP contribution is -2.49. The summed E-state index contributed by atoms with van der Waals surface area (Å²) in [6.45, 7) is 6.76. The third-order valence-corrected chi connectivity index (χ3v) is 5.89. The molecule has 0 saturated carbocycles. The van der Waals surface area contributed by atoms with Crippen LogP contribution in [-0.2, 0) is 6.18 Å². The molecule has 0 unspecified atom stereocenters. The van der Waals surface area contributed by atoms with Crippen LogP contribution < -0.4 is 4.90 Å². The van der Waals surface area contributed by atoms with Crippen LogP contribution in [0, 0.1) is 17.0 Å². The number of rotatable bonds is 4. The summed E-state index contributed by atoms with van der Waals surface area (Å²) in [5.74, 6) is -0.217. The van der Waals surface area contributed by atoms with Crippen molar-refractivity contribution < 1.29 is 22.9 Å². The summed E-state index contributed by atoms with van der Waals surface area (Å²) in [7, 11) is 0. The minimum Gasteiger partial charge on any atom is -0.362 e. The van der Waals surface area contributed by atoms with Crippen molar-refractivity contribution in [2.45, 2.75) is 33.0 Å². The number of fused-ring (bicyclic) bond motifs is 1. The van der Waals surface area contributed by atoms with Crippen LogP contribution in [0.15, 0.2) is 30.5 Å². The molecule has 180 valence electrons. The quantitative estimate of drug-likeness (QED) is 0.413. The smallest absolute Gasteiger partial charge is 0.362 e. The zero-order valence-electron chi connectivity index (χ0n) is 18.8. The van der Waals surface area contributed by atoms with Gasteiger partial charge in [-0.25, -0.2) is 9.67 Å². The number of aromatic nitrogens is 3. The first-order chi connectivity index (χ1) is 16.0. The van der Waals surface area contributed by atoms with Gasteiger partial charge in [0.2, 0.25) is 0 Å². The van der Waals surface area contributed by atoms with Gasteiger partial charge in [0.15, 0.2) is 5.65 Å². The second-order valence-corrected chi connectivity index (χ2v) is 8.45. The lowest BCUT2D eigenvalue weighted by atomic mass is 10.1. The Morgan fingerprint density at radius 2 is 1.82 bits per heavy atom. The van der Waals surface area contributed by atoms with E-state index in [-0.39, 0.29) is 43.8 Å². The van der Waals surface area contributed by atoms with Crippen molar-refractivity contribution >= 4 is 28.3 Å². The molecule has 0 aliphatic carbocycles. The minimum atomic E-state index is -4.67. The summed E-state index contributed by atoms with van der Waals surface area (Å²) in [5.41, 5.74) is 0.137. The topological polar surface area (TPSA) is 97.4 Å². The molecule has 12 heteroatoms. The van der Waals surface area contributed by atoms with Gasteiger partial charge in [-0.1, -0.05) is 0 Å². The number of aryl methyl sites for hydroxylation is 1. The number of anilines is 1. The van der Waals surface area contributed by atoms with Gasteiger partial charge in [-0.3, -0.25) is 14.9 Å². The Bertz CT molecular complexity index is 1260. The van der Waals surface area contributed by atoms with E-state index in [4.69, 9.17) is 0 Å². The average molecular weight is 476 g/mol. The molecule has 0 N–H and O–H groups in total. The van der Waals surface area contributed by atoms with E-state index in [2.05, 4.69) is 10.1 Å². The standard InChI is InChI=1S/C22H23F3N6O3/c1-13(2)30-20-15(12-26-30)10-17(14(3)27-20)21(32)29-8-6-28(7-9-29)18-5-4-16(22(23,24)25)11-19(18)31(33)34/h4-5,10-13H,6-9H2,1-3H3. The van der Waals surface area contributed by atoms with E-state index in [0.29, 0.717) is 23.0 Å². The van der Waals surface area contributed by atoms with E-state index < -0.39 is 22.4 Å². The summed E-state index contributed by atoms with van der Waals surface area (Å²) < 4.78 is 40.7. The number of hydrogen-bond acceptors (Lipinski definition) is 6. The predicted molar refractivity (Wildman–Crippen MR) is 119 cm³/mol. The summed E-state index contributed by atoms with van der Waals surface area (Å²) in [6, 6.07) is 4.38. The average Bonchev–Trinajstić information content (AvgIpc) is 3.20. The van der Waals surface area contributed by atoms with Crippen molar-refractivity contribution in [3.8, 4) is 0 Å². The molecule has 9 nitrogen and oxygen atoms in total. The number of nitro benzene ring substituents is 1. The van der Waals surface area contributed by atoms with Gasteiger partial charge in [0, 0.05) is 43.7 Å². The van der Waals surface area contributed by atoms with Gasteiger partial charge >= 0.3 is 6.18 Å². The highest BCUT2D eigenvalue weighted by atomic mass is 19.4. The highest BCUT2D eigenvalue weighted by Gasteiger charge is 2.34. The molecule has 1 amide bonds. The van der Waals surface area contributed by atoms with E-state index in [0.717, 1.165) is 17.5 Å². The second kappa shape index (κ2) is 8.58. The van der Waals surface area contributed by atoms with Crippen molar-refractivity contribution in [3.05, 3.63) is 57.4 Å².